The van der Waals surface area contributed by atoms with Crippen molar-refractivity contribution in [3.05, 3.63) is 93.5 Å². The molecule has 9 nitrogen and oxygen atoms in total. The molecule has 9 heteroatoms. The zero-order valence-electron chi connectivity index (χ0n) is 19.0. The minimum atomic E-state index is -0.344. The normalized spacial score (nSPS) is 11.1. The highest BCUT2D eigenvalue weighted by atomic mass is 16.1. The Morgan fingerprint density at radius 1 is 1.00 bits per heavy atom. The topological polar surface area (TPSA) is 110 Å². The van der Waals surface area contributed by atoms with Crippen LogP contribution in [0.25, 0.3) is 22.7 Å². The molecule has 1 amide bonds. The fourth-order valence-electron chi connectivity index (χ4n) is 3.83. The Hall–Kier alpha value is -4.53. The van der Waals surface area contributed by atoms with Gasteiger partial charge in [0.15, 0.2) is 5.65 Å². The van der Waals surface area contributed by atoms with E-state index in [1.807, 2.05) is 62.4 Å². The Balaban J connectivity index is 1.51. The van der Waals surface area contributed by atoms with Gasteiger partial charge in [-0.15, -0.1) is 0 Å². The first-order valence-corrected chi connectivity index (χ1v) is 10.8. The van der Waals surface area contributed by atoms with E-state index < -0.39 is 0 Å². The number of carbonyl (C=O) groups excluding carboxylic acids is 1. The number of aromatic nitrogens is 6. The van der Waals surface area contributed by atoms with Crippen LogP contribution in [0.4, 0.5) is 5.82 Å². The molecule has 5 aromatic rings. The van der Waals surface area contributed by atoms with Crippen molar-refractivity contribution >= 4 is 22.8 Å². The van der Waals surface area contributed by atoms with Gasteiger partial charge in [0.25, 0.3) is 5.56 Å². The highest BCUT2D eigenvalue weighted by Crippen LogP contribution is 2.18. The van der Waals surface area contributed by atoms with E-state index in [0.717, 1.165) is 22.4 Å². The first kappa shape index (κ1) is 21.3. The maximum atomic E-state index is 12.8. The number of carbonyl (C=O) groups is 1. The number of aryl methyl sites for hydroxylation is 3. The maximum Gasteiger partial charge on any atom is 0.263 e. The molecule has 3 aromatic heterocycles. The molecule has 0 saturated carbocycles. The molecule has 0 aliphatic heterocycles. The minimum absolute atomic E-state index is 0.185. The molecule has 170 valence electrons. The second-order valence-corrected chi connectivity index (χ2v) is 8.32. The van der Waals surface area contributed by atoms with Crippen molar-refractivity contribution in [2.45, 2.75) is 27.2 Å². The monoisotopic (exact) mass is 453 g/mol. The summed E-state index contributed by atoms with van der Waals surface area (Å²) in [6, 6.07) is 17.3. The molecule has 2 N–H and O–H groups in total. The molecule has 2 aromatic carbocycles. The molecule has 0 radical (unpaired) electrons. The summed E-state index contributed by atoms with van der Waals surface area (Å²) in [7, 11) is 0. The van der Waals surface area contributed by atoms with Crippen LogP contribution in [-0.4, -0.2) is 35.4 Å². The second-order valence-electron chi connectivity index (χ2n) is 8.32. The van der Waals surface area contributed by atoms with Gasteiger partial charge in [-0.05, 0) is 38.5 Å². The molecule has 0 bridgehead atoms. The molecule has 0 spiro atoms. The molecular formula is C25H23N7O2. The van der Waals surface area contributed by atoms with E-state index in [-0.39, 0.29) is 23.8 Å². The highest BCUT2D eigenvalue weighted by Gasteiger charge is 2.17. The van der Waals surface area contributed by atoms with E-state index >= 15 is 0 Å². The summed E-state index contributed by atoms with van der Waals surface area (Å²) in [5, 5.41) is 12.0. The van der Waals surface area contributed by atoms with Gasteiger partial charge in [0, 0.05) is 6.07 Å². The zero-order chi connectivity index (χ0) is 23.8. The van der Waals surface area contributed by atoms with Gasteiger partial charge in [-0.25, -0.2) is 4.68 Å². The van der Waals surface area contributed by atoms with Gasteiger partial charge < -0.3 is 5.32 Å². The summed E-state index contributed by atoms with van der Waals surface area (Å²) in [5.74, 6) is 0.407. The third-order valence-corrected chi connectivity index (χ3v) is 5.45. The summed E-state index contributed by atoms with van der Waals surface area (Å²) >= 11 is 0. The molecule has 5 rings (SSSR count). The van der Waals surface area contributed by atoms with Crippen LogP contribution in [0.15, 0.2) is 65.6 Å². The van der Waals surface area contributed by atoms with Crippen LogP contribution in [0.3, 0.4) is 0 Å². The molecule has 0 unspecified atom stereocenters. The van der Waals surface area contributed by atoms with Crippen LogP contribution < -0.4 is 10.9 Å². The molecule has 0 aliphatic carbocycles. The Morgan fingerprint density at radius 2 is 1.79 bits per heavy atom. The average Bonchev–Trinajstić information content (AvgIpc) is 3.38. The van der Waals surface area contributed by atoms with Crippen molar-refractivity contribution in [3.8, 4) is 11.6 Å². The number of H-pyrrole nitrogens is 1. The maximum absolute atomic E-state index is 12.8. The first-order chi connectivity index (χ1) is 16.4. The lowest BCUT2D eigenvalue weighted by Gasteiger charge is -2.09. The predicted molar refractivity (Wildman–Crippen MR) is 130 cm³/mol. The van der Waals surface area contributed by atoms with Gasteiger partial charge in [0.2, 0.25) is 11.9 Å². The molecule has 0 saturated heterocycles. The van der Waals surface area contributed by atoms with E-state index in [0.29, 0.717) is 22.5 Å². The van der Waals surface area contributed by atoms with Crippen LogP contribution in [0.2, 0.25) is 0 Å². The number of fused-ring (bicyclic) bond motifs is 1. The third kappa shape index (κ3) is 4.11. The van der Waals surface area contributed by atoms with Crippen LogP contribution >= 0.6 is 0 Å². The van der Waals surface area contributed by atoms with E-state index in [9.17, 15) is 9.59 Å². The standard InChI is InChI=1S/C25H23N7O2/c1-15-7-9-19(10-8-15)31-23-20(14-26-31)24(34)29-25(28-23)32-21(12-17(3)30-32)27-22(33)13-18-6-4-5-16(2)11-18/h4-12,14H,13H2,1-3H3,(H,27,33)(H,28,29,34). The van der Waals surface area contributed by atoms with Crippen molar-refractivity contribution in [2.24, 2.45) is 0 Å². The fraction of sp³-hybridized carbons (Fsp3) is 0.160. The first-order valence-electron chi connectivity index (χ1n) is 10.8. The van der Waals surface area contributed by atoms with Crippen molar-refractivity contribution in [1.29, 1.82) is 0 Å². The summed E-state index contributed by atoms with van der Waals surface area (Å²) in [6.45, 7) is 5.79. The van der Waals surface area contributed by atoms with E-state index in [4.69, 9.17) is 0 Å². The van der Waals surface area contributed by atoms with Crippen LogP contribution in [0.5, 0.6) is 0 Å². The number of hydrogen-bond acceptors (Lipinski definition) is 5. The Labute approximate surface area is 195 Å². The lowest BCUT2D eigenvalue weighted by molar-refractivity contribution is -0.115. The third-order valence-electron chi connectivity index (χ3n) is 5.45. The van der Waals surface area contributed by atoms with Gasteiger partial charge in [0.05, 0.1) is 24.0 Å². The van der Waals surface area contributed by atoms with Crippen molar-refractivity contribution in [2.75, 3.05) is 5.32 Å². The van der Waals surface area contributed by atoms with Gasteiger partial charge in [-0.2, -0.15) is 19.9 Å². The fourth-order valence-corrected chi connectivity index (χ4v) is 3.83. The quantitative estimate of drug-likeness (QED) is 0.424. The number of benzene rings is 2. The number of nitrogens with one attached hydrogen (secondary N) is 2. The van der Waals surface area contributed by atoms with E-state index in [2.05, 4.69) is 25.5 Å². The summed E-state index contributed by atoms with van der Waals surface area (Å²) in [5.41, 5.74) is 4.62. The highest BCUT2D eigenvalue weighted by molar-refractivity contribution is 5.91. The Bertz CT molecular complexity index is 1580. The van der Waals surface area contributed by atoms with Gasteiger partial charge in [-0.1, -0.05) is 47.5 Å². The average molecular weight is 454 g/mol. The number of anilines is 1. The number of hydrogen-bond donors (Lipinski definition) is 2. The summed E-state index contributed by atoms with van der Waals surface area (Å²) < 4.78 is 3.04. The smallest absolute Gasteiger partial charge is 0.263 e. The molecule has 3 heterocycles. The molecular weight excluding hydrogens is 430 g/mol. The molecule has 34 heavy (non-hydrogen) atoms. The van der Waals surface area contributed by atoms with Crippen molar-refractivity contribution in [1.82, 2.24) is 29.5 Å². The van der Waals surface area contributed by atoms with Crippen LogP contribution in [-0.2, 0) is 11.2 Å². The van der Waals surface area contributed by atoms with Gasteiger partial charge >= 0.3 is 0 Å². The Morgan fingerprint density at radius 3 is 2.56 bits per heavy atom. The zero-order valence-corrected chi connectivity index (χ0v) is 19.0. The number of aromatic amines is 1. The van der Waals surface area contributed by atoms with Crippen LogP contribution in [0, 0.1) is 20.8 Å². The van der Waals surface area contributed by atoms with Crippen LogP contribution in [0.1, 0.15) is 22.4 Å². The SMILES string of the molecule is Cc1ccc(-n2ncc3c(=O)[nH]c(-n4nc(C)cc4NC(=O)Cc4cccc(C)c4)nc32)cc1. The van der Waals surface area contributed by atoms with Gasteiger partial charge in [0.1, 0.15) is 11.2 Å². The lowest BCUT2D eigenvalue weighted by atomic mass is 10.1. The molecule has 0 atom stereocenters. The number of nitrogens with zero attached hydrogens (tertiary/aromatic N) is 5. The van der Waals surface area contributed by atoms with Gasteiger partial charge in [-0.3, -0.25) is 14.6 Å². The Kier molecular flexibility index (Phi) is 5.29. The largest absolute Gasteiger partial charge is 0.310 e. The van der Waals surface area contributed by atoms with Crippen molar-refractivity contribution in [3.63, 3.8) is 0 Å². The molecule has 0 fully saturated rings. The van der Waals surface area contributed by atoms with E-state index in [1.54, 1.807) is 17.7 Å². The minimum Gasteiger partial charge on any atom is -0.310 e. The number of rotatable bonds is 5. The van der Waals surface area contributed by atoms with Crippen molar-refractivity contribution < 1.29 is 4.79 Å². The summed E-state index contributed by atoms with van der Waals surface area (Å²) in [4.78, 5) is 32.9. The lowest BCUT2D eigenvalue weighted by Crippen LogP contribution is -2.20. The molecule has 0 aliphatic rings. The second kappa shape index (κ2) is 8.43. The predicted octanol–water partition coefficient (Wildman–Crippen LogP) is 3.40. The number of amides is 1. The van der Waals surface area contributed by atoms with E-state index in [1.165, 1.54) is 10.9 Å². The summed E-state index contributed by atoms with van der Waals surface area (Å²) in [6.07, 6.45) is 1.71.